The Morgan fingerprint density at radius 3 is 2.95 bits per heavy atom. The molecule has 0 spiro atoms. The van der Waals surface area contributed by atoms with Crippen LogP contribution in [-0.4, -0.2) is 28.9 Å². The molecule has 0 aliphatic carbocycles. The van der Waals surface area contributed by atoms with Gasteiger partial charge in [-0.05, 0) is 31.4 Å². The quantitative estimate of drug-likeness (QED) is 0.898. The number of hydrogen-bond acceptors (Lipinski definition) is 4. The number of fused-ring (bicyclic) bond motifs is 2. The number of rotatable bonds is 3. The number of nitrogens with zero attached hydrogens (tertiary/aromatic N) is 1. The molecule has 2 nitrogen and oxygen atoms in total. The summed E-state index contributed by atoms with van der Waals surface area (Å²) in [6.07, 6.45) is 6.36. The van der Waals surface area contributed by atoms with Crippen LogP contribution in [0.1, 0.15) is 19.3 Å². The molecule has 1 aromatic rings. The van der Waals surface area contributed by atoms with Crippen molar-refractivity contribution in [2.24, 2.45) is 0 Å². The summed E-state index contributed by atoms with van der Waals surface area (Å²) in [5.41, 5.74) is 0. The molecular weight excluding hydrogens is 308 g/mol. The molecule has 3 aliphatic heterocycles. The van der Waals surface area contributed by atoms with Crippen LogP contribution in [0, 0.1) is 0 Å². The van der Waals surface area contributed by atoms with Crippen LogP contribution in [0.2, 0.25) is 5.02 Å². The third-order valence-electron chi connectivity index (χ3n) is 4.37. The molecule has 4 rings (SSSR count). The first-order valence-electron chi connectivity index (χ1n) is 7.08. The maximum Gasteiger partial charge on any atom is 0.0690 e. The van der Waals surface area contributed by atoms with E-state index in [0.29, 0.717) is 12.1 Å². The van der Waals surface area contributed by atoms with Crippen LogP contribution in [0.15, 0.2) is 39.6 Å². The lowest BCUT2D eigenvalue weighted by molar-refractivity contribution is 0.272. The molecule has 2 saturated heterocycles. The van der Waals surface area contributed by atoms with E-state index in [9.17, 15) is 0 Å². The van der Waals surface area contributed by atoms with Gasteiger partial charge in [-0.15, -0.1) is 0 Å². The largest absolute Gasteiger partial charge is 0.362 e. The van der Waals surface area contributed by atoms with Gasteiger partial charge in [0.2, 0.25) is 0 Å². The average molecular weight is 325 g/mol. The molecule has 1 N–H and O–H groups in total. The molecule has 3 atom stereocenters. The van der Waals surface area contributed by atoms with Crippen molar-refractivity contribution in [2.75, 3.05) is 5.88 Å². The van der Waals surface area contributed by atoms with Gasteiger partial charge >= 0.3 is 0 Å². The number of nitrogens with one attached hydrogen (secondary N) is 1. The van der Waals surface area contributed by atoms with Crippen molar-refractivity contribution in [1.82, 2.24) is 10.2 Å². The third kappa shape index (κ3) is 2.47. The molecule has 2 fully saturated rings. The van der Waals surface area contributed by atoms with Crippen molar-refractivity contribution < 1.29 is 0 Å². The third-order valence-corrected chi connectivity index (χ3v) is 7.11. The fourth-order valence-corrected chi connectivity index (χ4v) is 5.78. The van der Waals surface area contributed by atoms with Gasteiger partial charge in [0.1, 0.15) is 0 Å². The lowest BCUT2D eigenvalue weighted by Crippen LogP contribution is -2.38. The number of hydrogen-bond donors (Lipinski definition) is 1. The van der Waals surface area contributed by atoms with Gasteiger partial charge in [-0.3, -0.25) is 0 Å². The maximum absolute atomic E-state index is 6.24. The summed E-state index contributed by atoms with van der Waals surface area (Å²) in [7, 11) is 0. The summed E-state index contributed by atoms with van der Waals surface area (Å²) >= 11 is 9.96. The highest BCUT2D eigenvalue weighted by Crippen LogP contribution is 2.44. The second-order valence-corrected chi connectivity index (χ2v) is 8.35. The Bertz CT molecular complexity index is 548. The fraction of sp³-hybridized carbons (Fsp3) is 0.467. The molecule has 0 saturated carbocycles. The first-order valence-corrected chi connectivity index (χ1v) is 9.26. The van der Waals surface area contributed by atoms with Crippen molar-refractivity contribution in [2.45, 2.75) is 42.3 Å². The molecule has 0 amide bonds. The van der Waals surface area contributed by atoms with Gasteiger partial charge in [0.15, 0.2) is 0 Å². The van der Waals surface area contributed by atoms with Gasteiger partial charge in [-0.25, -0.2) is 0 Å². The van der Waals surface area contributed by atoms with E-state index in [4.69, 9.17) is 11.6 Å². The number of halogens is 1. The molecular formula is C15H17ClN2S2. The Morgan fingerprint density at radius 1 is 1.30 bits per heavy atom. The predicted molar refractivity (Wildman–Crippen MR) is 88.0 cm³/mol. The highest BCUT2D eigenvalue weighted by molar-refractivity contribution is 8.22. The Kier molecular flexibility index (Phi) is 3.67. The summed E-state index contributed by atoms with van der Waals surface area (Å²) in [5.74, 6) is 1.09. The first kappa shape index (κ1) is 13.4. The minimum absolute atomic E-state index is 0.700. The predicted octanol–water partition coefficient (Wildman–Crippen LogP) is 4.13. The molecule has 3 heterocycles. The van der Waals surface area contributed by atoms with E-state index < -0.39 is 0 Å². The second-order valence-electron chi connectivity index (χ2n) is 5.62. The second kappa shape index (κ2) is 5.48. The minimum Gasteiger partial charge on any atom is -0.362 e. The SMILES string of the molecule is Clc1ccccc1SC1=CN([C@@H]2C[C@H]3CC[C@@H]2N3)CS1. The topological polar surface area (TPSA) is 15.3 Å². The summed E-state index contributed by atoms with van der Waals surface area (Å²) in [4.78, 5) is 3.68. The van der Waals surface area contributed by atoms with Crippen LogP contribution in [0.3, 0.4) is 0 Å². The summed E-state index contributed by atoms with van der Waals surface area (Å²) in [6, 6.07) is 10.3. The lowest BCUT2D eigenvalue weighted by Gasteiger charge is -2.29. The number of thioether (sulfide) groups is 2. The van der Waals surface area contributed by atoms with E-state index in [-0.39, 0.29) is 0 Å². The fourth-order valence-electron chi connectivity index (χ4n) is 3.39. The molecule has 0 aromatic heterocycles. The highest BCUT2D eigenvalue weighted by Gasteiger charge is 2.42. The van der Waals surface area contributed by atoms with E-state index in [2.05, 4.69) is 22.5 Å². The summed E-state index contributed by atoms with van der Waals surface area (Å²) in [5, 5.41) is 4.57. The Hall–Kier alpha value is -0.290. The molecule has 20 heavy (non-hydrogen) atoms. The maximum atomic E-state index is 6.24. The molecule has 0 radical (unpaired) electrons. The van der Waals surface area contributed by atoms with E-state index >= 15 is 0 Å². The standard InChI is InChI=1S/C15H17ClN2S2/c16-11-3-1-2-4-14(11)20-15-8-18(9-19-15)13-7-10-5-6-12(13)17-10/h1-4,8,10,12-13,17H,5-7,9H2/t10-,12+,13-/m1/s1. The van der Waals surface area contributed by atoms with E-state index in [1.165, 1.54) is 23.5 Å². The Morgan fingerprint density at radius 2 is 2.20 bits per heavy atom. The van der Waals surface area contributed by atoms with Gasteiger partial charge in [0, 0.05) is 29.2 Å². The van der Waals surface area contributed by atoms with Gasteiger partial charge < -0.3 is 10.2 Å². The summed E-state index contributed by atoms with van der Waals surface area (Å²) < 4.78 is 1.36. The number of benzene rings is 1. The molecule has 2 bridgehead atoms. The van der Waals surface area contributed by atoms with Crippen LogP contribution >= 0.6 is 35.1 Å². The van der Waals surface area contributed by atoms with E-state index in [1.807, 2.05) is 30.0 Å². The Labute approximate surface area is 133 Å². The smallest absolute Gasteiger partial charge is 0.0690 e. The van der Waals surface area contributed by atoms with Crippen molar-refractivity contribution in [3.05, 3.63) is 39.7 Å². The molecule has 3 aliphatic rings. The average Bonchev–Trinajstić information content (AvgIpc) is 3.16. The van der Waals surface area contributed by atoms with Gasteiger partial charge in [-0.1, -0.05) is 47.3 Å². The molecule has 5 heteroatoms. The first-order chi connectivity index (χ1) is 9.79. The zero-order valence-corrected chi connectivity index (χ0v) is 13.5. The van der Waals surface area contributed by atoms with Crippen LogP contribution in [0.5, 0.6) is 0 Å². The van der Waals surface area contributed by atoms with E-state index in [1.54, 1.807) is 11.8 Å². The zero-order valence-electron chi connectivity index (χ0n) is 11.1. The van der Waals surface area contributed by atoms with Crippen molar-refractivity contribution in [3.8, 4) is 0 Å². The highest BCUT2D eigenvalue weighted by atomic mass is 35.5. The molecule has 106 valence electrons. The zero-order chi connectivity index (χ0) is 13.5. The minimum atomic E-state index is 0.700. The Balaban J connectivity index is 1.46. The van der Waals surface area contributed by atoms with Crippen molar-refractivity contribution in [1.29, 1.82) is 0 Å². The van der Waals surface area contributed by atoms with Crippen molar-refractivity contribution >= 4 is 35.1 Å². The van der Waals surface area contributed by atoms with Crippen LogP contribution in [0.4, 0.5) is 0 Å². The van der Waals surface area contributed by atoms with Crippen LogP contribution in [0.25, 0.3) is 0 Å². The normalized spacial score (nSPS) is 31.9. The van der Waals surface area contributed by atoms with E-state index in [0.717, 1.165) is 21.8 Å². The van der Waals surface area contributed by atoms with Gasteiger partial charge in [-0.2, -0.15) is 0 Å². The van der Waals surface area contributed by atoms with Gasteiger partial charge in [0.25, 0.3) is 0 Å². The van der Waals surface area contributed by atoms with Crippen molar-refractivity contribution in [3.63, 3.8) is 0 Å². The molecule has 0 unspecified atom stereocenters. The molecule has 1 aromatic carbocycles. The van der Waals surface area contributed by atoms with Crippen LogP contribution in [-0.2, 0) is 0 Å². The van der Waals surface area contributed by atoms with Gasteiger partial charge in [0.05, 0.1) is 15.1 Å². The van der Waals surface area contributed by atoms with Crippen LogP contribution < -0.4 is 5.32 Å². The summed E-state index contributed by atoms with van der Waals surface area (Å²) in [6.45, 7) is 0. The monoisotopic (exact) mass is 324 g/mol. The lowest BCUT2D eigenvalue weighted by atomic mass is 9.95.